The molecule has 6 heteroatoms. The van der Waals surface area contributed by atoms with Crippen LogP contribution in [0.5, 0.6) is 0 Å². The van der Waals surface area contributed by atoms with E-state index in [1.54, 1.807) is 18.2 Å². The van der Waals surface area contributed by atoms with E-state index in [2.05, 4.69) is 17.5 Å². The number of hydrogen-bond donors (Lipinski definition) is 2. The number of nitrogens with one attached hydrogen (secondary N) is 1. The molecule has 0 saturated heterocycles. The molecule has 1 aliphatic carbocycles. The monoisotopic (exact) mass is 314 g/mol. The van der Waals surface area contributed by atoms with E-state index >= 15 is 0 Å². The van der Waals surface area contributed by atoms with Crippen LogP contribution in [-0.2, 0) is 0 Å². The summed E-state index contributed by atoms with van der Waals surface area (Å²) >= 11 is 1.36. The van der Waals surface area contributed by atoms with Gasteiger partial charge in [-0.2, -0.15) is 0 Å². The highest BCUT2D eigenvalue weighted by Crippen LogP contribution is 2.36. The molecule has 2 aromatic heterocycles. The van der Waals surface area contributed by atoms with Gasteiger partial charge in [0.15, 0.2) is 5.76 Å². The van der Waals surface area contributed by atoms with Crippen LogP contribution in [0.1, 0.15) is 38.1 Å². The molecule has 1 aliphatic rings. The van der Waals surface area contributed by atoms with Gasteiger partial charge in [-0.3, -0.25) is 9.59 Å². The molecule has 0 aliphatic heterocycles. The Morgan fingerprint density at radius 2 is 2.23 bits per heavy atom. The summed E-state index contributed by atoms with van der Waals surface area (Å²) in [5, 5.41) is 3.15. The Kier molecular flexibility index (Phi) is 3.93. The Labute approximate surface area is 131 Å². The maximum atomic E-state index is 12.1. The lowest BCUT2D eigenvalue weighted by Crippen LogP contribution is -2.16. The zero-order valence-corrected chi connectivity index (χ0v) is 12.4. The average Bonchev–Trinajstić information content (AvgIpc) is 3.17. The first-order valence-electron chi connectivity index (χ1n) is 6.77. The molecular weight excluding hydrogens is 300 g/mol. The van der Waals surface area contributed by atoms with Crippen LogP contribution in [-0.4, -0.2) is 11.8 Å². The van der Waals surface area contributed by atoms with Gasteiger partial charge in [0, 0.05) is 10.8 Å². The minimum absolute atomic E-state index is 0.186. The minimum Gasteiger partial charge on any atom is -0.459 e. The lowest BCUT2D eigenvalue weighted by Gasteiger charge is -2.09. The number of carbonyl (C=O) groups excluding carboxylic acids is 2. The van der Waals surface area contributed by atoms with Crippen molar-refractivity contribution in [3.05, 3.63) is 65.0 Å². The van der Waals surface area contributed by atoms with Crippen molar-refractivity contribution in [1.82, 2.24) is 0 Å². The topological polar surface area (TPSA) is 85.3 Å². The van der Waals surface area contributed by atoms with Crippen LogP contribution in [0.2, 0.25) is 0 Å². The fraction of sp³-hybridized carbons (Fsp3) is 0.125. The summed E-state index contributed by atoms with van der Waals surface area (Å²) in [6.45, 7) is 0. The smallest absolute Gasteiger partial charge is 0.291 e. The van der Waals surface area contributed by atoms with E-state index in [0.29, 0.717) is 10.6 Å². The normalized spacial score (nSPS) is 16.6. The van der Waals surface area contributed by atoms with Gasteiger partial charge in [0.05, 0.1) is 11.8 Å². The molecule has 1 unspecified atom stereocenters. The lowest BCUT2D eigenvalue weighted by molar-refractivity contribution is 0.0997. The summed E-state index contributed by atoms with van der Waals surface area (Å²) in [7, 11) is 0. The quantitative estimate of drug-likeness (QED) is 0.908. The van der Waals surface area contributed by atoms with Crippen molar-refractivity contribution in [2.75, 3.05) is 5.32 Å². The number of amides is 2. The second kappa shape index (κ2) is 6.03. The highest BCUT2D eigenvalue weighted by atomic mass is 32.1. The molecule has 0 radical (unpaired) electrons. The van der Waals surface area contributed by atoms with Crippen molar-refractivity contribution in [3.8, 4) is 0 Å². The van der Waals surface area contributed by atoms with Crippen molar-refractivity contribution in [2.24, 2.45) is 5.73 Å². The molecule has 22 heavy (non-hydrogen) atoms. The largest absolute Gasteiger partial charge is 0.459 e. The molecule has 2 aromatic rings. The Bertz CT molecular complexity index is 756. The van der Waals surface area contributed by atoms with Crippen LogP contribution in [0.15, 0.2) is 53.2 Å². The van der Waals surface area contributed by atoms with Gasteiger partial charge < -0.3 is 15.5 Å². The zero-order chi connectivity index (χ0) is 15.5. The first-order valence-corrected chi connectivity index (χ1v) is 7.58. The van der Waals surface area contributed by atoms with Crippen molar-refractivity contribution in [1.29, 1.82) is 0 Å². The summed E-state index contributed by atoms with van der Waals surface area (Å²) in [5.74, 6) is -0.583. The van der Waals surface area contributed by atoms with Crippen LogP contribution in [0.4, 0.5) is 5.00 Å². The van der Waals surface area contributed by atoms with Crippen molar-refractivity contribution >= 4 is 28.2 Å². The number of hydrogen-bond acceptors (Lipinski definition) is 4. The molecule has 0 aromatic carbocycles. The summed E-state index contributed by atoms with van der Waals surface area (Å²) in [6, 6.07) is 4.93. The summed E-state index contributed by atoms with van der Waals surface area (Å²) < 4.78 is 5.05. The van der Waals surface area contributed by atoms with Crippen molar-refractivity contribution in [3.63, 3.8) is 0 Å². The van der Waals surface area contributed by atoms with E-state index in [1.807, 2.05) is 12.2 Å². The molecule has 3 N–H and O–H groups in total. The molecule has 3 rings (SSSR count). The van der Waals surface area contributed by atoms with E-state index in [1.165, 1.54) is 17.6 Å². The number of thiophene rings is 1. The van der Waals surface area contributed by atoms with Crippen molar-refractivity contribution < 1.29 is 14.0 Å². The van der Waals surface area contributed by atoms with Crippen LogP contribution in [0, 0.1) is 0 Å². The van der Waals surface area contributed by atoms with E-state index < -0.39 is 11.8 Å². The Balaban J connectivity index is 1.87. The summed E-state index contributed by atoms with van der Waals surface area (Å²) in [4.78, 5) is 24.7. The van der Waals surface area contributed by atoms with Gasteiger partial charge in [0.25, 0.3) is 11.8 Å². The van der Waals surface area contributed by atoms with Gasteiger partial charge in [0.1, 0.15) is 5.00 Å². The number of carbonyl (C=O) groups is 2. The SMILES string of the molecule is NC(=O)c1cc(C2C=CC=CC2)sc1NC(=O)c1ccco1. The average molecular weight is 314 g/mol. The predicted octanol–water partition coefficient (Wildman–Crippen LogP) is 3.29. The lowest BCUT2D eigenvalue weighted by atomic mass is 9.99. The molecule has 0 saturated carbocycles. The highest BCUT2D eigenvalue weighted by Gasteiger charge is 2.21. The first kappa shape index (κ1) is 14.3. The second-order valence-corrected chi connectivity index (χ2v) is 5.93. The Hall–Kier alpha value is -2.60. The second-order valence-electron chi connectivity index (χ2n) is 4.84. The summed E-state index contributed by atoms with van der Waals surface area (Å²) in [6.07, 6.45) is 10.4. The number of anilines is 1. The third-order valence-electron chi connectivity index (χ3n) is 3.33. The molecule has 0 spiro atoms. The third-order valence-corrected chi connectivity index (χ3v) is 4.52. The van der Waals surface area contributed by atoms with Gasteiger partial charge in [-0.1, -0.05) is 24.3 Å². The zero-order valence-electron chi connectivity index (χ0n) is 11.6. The molecule has 1 atom stereocenters. The molecule has 0 bridgehead atoms. The van der Waals surface area contributed by atoms with Crippen LogP contribution < -0.4 is 11.1 Å². The van der Waals surface area contributed by atoms with Crippen LogP contribution in [0.25, 0.3) is 0 Å². The van der Waals surface area contributed by atoms with Crippen LogP contribution >= 0.6 is 11.3 Å². The van der Waals surface area contributed by atoms with E-state index in [4.69, 9.17) is 10.2 Å². The van der Waals surface area contributed by atoms with Crippen molar-refractivity contribution in [2.45, 2.75) is 12.3 Å². The number of allylic oxidation sites excluding steroid dienone is 4. The van der Waals surface area contributed by atoms with Gasteiger partial charge in [-0.05, 0) is 24.6 Å². The molecule has 2 heterocycles. The maximum absolute atomic E-state index is 12.1. The van der Waals surface area contributed by atoms with E-state index in [-0.39, 0.29) is 11.7 Å². The molecule has 5 nitrogen and oxygen atoms in total. The molecular formula is C16H14N2O3S. The van der Waals surface area contributed by atoms with Gasteiger partial charge in [-0.25, -0.2) is 0 Å². The number of primary amides is 1. The van der Waals surface area contributed by atoms with Gasteiger partial charge in [-0.15, -0.1) is 11.3 Å². The number of nitrogens with two attached hydrogens (primary N) is 1. The molecule has 0 fully saturated rings. The highest BCUT2D eigenvalue weighted by molar-refractivity contribution is 7.16. The van der Waals surface area contributed by atoms with Crippen LogP contribution in [0.3, 0.4) is 0 Å². The molecule has 2 amide bonds. The van der Waals surface area contributed by atoms with Gasteiger partial charge >= 0.3 is 0 Å². The molecule has 112 valence electrons. The minimum atomic E-state index is -0.562. The number of furan rings is 1. The standard InChI is InChI=1S/C16H14N2O3S/c17-14(19)11-9-13(10-5-2-1-3-6-10)22-16(11)18-15(20)12-7-4-8-21-12/h1-5,7-10H,6H2,(H2,17,19)(H,18,20). The Morgan fingerprint density at radius 1 is 1.36 bits per heavy atom. The van der Waals surface area contributed by atoms with E-state index in [9.17, 15) is 9.59 Å². The Morgan fingerprint density at radius 3 is 2.86 bits per heavy atom. The predicted molar refractivity (Wildman–Crippen MR) is 85.1 cm³/mol. The summed E-state index contributed by atoms with van der Waals surface area (Å²) in [5.41, 5.74) is 5.73. The first-order chi connectivity index (χ1) is 10.6. The third kappa shape index (κ3) is 2.87. The van der Waals surface area contributed by atoms with E-state index in [0.717, 1.165) is 11.3 Å². The fourth-order valence-corrected chi connectivity index (χ4v) is 3.38. The fourth-order valence-electron chi connectivity index (χ4n) is 2.23. The van der Waals surface area contributed by atoms with Gasteiger partial charge in [0.2, 0.25) is 0 Å². The maximum Gasteiger partial charge on any atom is 0.291 e. The number of rotatable bonds is 4.